The van der Waals surface area contributed by atoms with Gasteiger partial charge in [-0.2, -0.15) is 0 Å². The van der Waals surface area contributed by atoms with Crippen LogP contribution in [0, 0.1) is 5.92 Å². The average molecular weight is 267 g/mol. The van der Waals surface area contributed by atoms with E-state index >= 15 is 0 Å². The number of nitrogens with zero attached hydrogens (tertiary/aromatic N) is 1. The highest BCUT2D eigenvalue weighted by atomic mass is 35.5. The van der Waals surface area contributed by atoms with Gasteiger partial charge in [-0.3, -0.25) is 9.79 Å². The molecule has 1 aliphatic heterocycles. The summed E-state index contributed by atoms with van der Waals surface area (Å²) in [5.74, 6) is -1.44. The molecule has 0 aromatic heterocycles. The zero-order valence-corrected chi connectivity index (χ0v) is 9.69. The Labute approximate surface area is 103 Å². The summed E-state index contributed by atoms with van der Waals surface area (Å²) in [5, 5.41) is 27.8. The van der Waals surface area contributed by atoms with Gasteiger partial charge in [0.25, 0.3) is 0 Å². The maximum atomic E-state index is 10.9. The highest BCUT2D eigenvalue weighted by molar-refractivity contribution is 6.21. The van der Waals surface area contributed by atoms with E-state index in [2.05, 4.69) is 4.99 Å². The lowest BCUT2D eigenvalue weighted by Gasteiger charge is -2.10. The highest BCUT2D eigenvalue weighted by Gasteiger charge is 2.42. The zero-order chi connectivity index (χ0) is 13.0. The summed E-state index contributed by atoms with van der Waals surface area (Å²) in [5.41, 5.74) is 5.04. The molecule has 1 heterocycles. The maximum absolute atomic E-state index is 10.9. The lowest BCUT2D eigenvalue weighted by Crippen LogP contribution is -2.33. The third-order valence-electron chi connectivity index (χ3n) is 2.46. The monoisotopic (exact) mass is 266 g/mol. The predicted molar refractivity (Wildman–Crippen MR) is 59.7 cm³/mol. The normalized spacial score (nSPS) is 35.3. The first-order valence-electron chi connectivity index (χ1n) is 5.02. The van der Waals surface area contributed by atoms with Crippen LogP contribution in [0.5, 0.6) is 0 Å². The van der Waals surface area contributed by atoms with Crippen molar-refractivity contribution in [2.75, 3.05) is 12.5 Å². The second-order valence-electron chi connectivity index (χ2n) is 3.69. The second-order valence-corrected chi connectivity index (χ2v) is 4.00. The van der Waals surface area contributed by atoms with E-state index in [-0.39, 0.29) is 5.88 Å². The number of aliphatic hydroxyl groups excluding tert-OH is 3. The smallest absolute Gasteiger partial charge is 0.227 e. The number of nitrogens with two attached hydrogens (primary N) is 1. The molecule has 0 spiro atoms. The van der Waals surface area contributed by atoms with Crippen molar-refractivity contribution < 1.29 is 24.9 Å². The van der Waals surface area contributed by atoms with Gasteiger partial charge < -0.3 is 25.8 Å². The number of aliphatic hydroxyl groups is 3. The van der Waals surface area contributed by atoms with Crippen LogP contribution in [-0.2, 0) is 9.53 Å². The maximum Gasteiger partial charge on any atom is 0.227 e. The van der Waals surface area contributed by atoms with E-state index in [0.29, 0.717) is 0 Å². The number of hydrogen-bond acceptors (Lipinski definition) is 6. The number of halogens is 1. The van der Waals surface area contributed by atoms with Crippen LogP contribution in [0.1, 0.15) is 0 Å². The molecule has 8 heteroatoms. The van der Waals surface area contributed by atoms with E-state index in [9.17, 15) is 15.0 Å². The molecule has 5 atom stereocenters. The third kappa shape index (κ3) is 3.36. The summed E-state index contributed by atoms with van der Waals surface area (Å²) < 4.78 is 5.07. The van der Waals surface area contributed by atoms with Gasteiger partial charge in [0.15, 0.2) is 6.23 Å². The predicted octanol–water partition coefficient (Wildman–Crippen LogP) is -2.16. The number of ether oxygens (including phenoxy) is 1. The van der Waals surface area contributed by atoms with Crippen molar-refractivity contribution in [2.45, 2.75) is 24.5 Å². The number of rotatable bonds is 5. The molecule has 0 aromatic rings. The van der Waals surface area contributed by atoms with Crippen molar-refractivity contribution in [3.05, 3.63) is 0 Å². The number of aliphatic imine (C=N–C) groups is 1. The minimum absolute atomic E-state index is 0.0341. The molecule has 1 amide bonds. The first kappa shape index (κ1) is 14.3. The van der Waals surface area contributed by atoms with Crippen molar-refractivity contribution in [1.29, 1.82) is 0 Å². The SMILES string of the molecule is NC(=O)C(C=NC1OC(CO)C(O)C1O)CCl. The Morgan fingerprint density at radius 2 is 2.18 bits per heavy atom. The Morgan fingerprint density at radius 1 is 1.53 bits per heavy atom. The molecular formula is C9H15ClN2O5. The van der Waals surface area contributed by atoms with Crippen molar-refractivity contribution in [3.8, 4) is 0 Å². The minimum atomic E-state index is -1.26. The number of primary amides is 1. The molecule has 1 fully saturated rings. The van der Waals surface area contributed by atoms with Gasteiger partial charge in [-0.1, -0.05) is 0 Å². The summed E-state index contributed by atoms with van der Waals surface area (Å²) in [6.07, 6.45) is -3.23. The van der Waals surface area contributed by atoms with Crippen LogP contribution in [-0.4, -0.2) is 64.5 Å². The summed E-state index contributed by atoms with van der Waals surface area (Å²) >= 11 is 5.48. The first-order valence-corrected chi connectivity index (χ1v) is 5.55. The molecule has 0 saturated carbocycles. The molecule has 0 bridgehead atoms. The molecule has 0 aromatic carbocycles. The Balaban J connectivity index is 2.63. The molecule has 0 radical (unpaired) electrons. The third-order valence-corrected chi connectivity index (χ3v) is 2.79. The number of alkyl halides is 1. The van der Waals surface area contributed by atoms with Crippen LogP contribution in [0.4, 0.5) is 0 Å². The summed E-state index contributed by atoms with van der Waals surface area (Å²) in [4.78, 5) is 14.6. The standard InChI is InChI=1S/C9H15ClN2O5/c10-1-4(8(11)16)2-12-9-7(15)6(14)5(3-13)17-9/h2,4-7,9,13-15H,1,3H2,(H2,11,16). The fourth-order valence-corrected chi connectivity index (χ4v) is 1.61. The van der Waals surface area contributed by atoms with Crippen LogP contribution in [0.25, 0.3) is 0 Å². The van der Waals surface area contributed by atoms with E-state index < -0.39 is 43.0 Å². The molecule has 98 valence electrons. The van der Waals surface area contributed by atoms with Gasteiger partial charge in [0.2, 0.25) is 5.91 Å². The molecule has 1 aliphatic rings. The molecule has 7 nitrogen and oxygen atoms in total. The quantitative estimate of drug-likeness (QED) is 0.333. The number of carbonyl (C=O) groups excluding carboxylic acids is 1. The van der Waals surface area contributed by atoms with Gasteiger partial charge in [-0.05, 0) is 0 Å². The Bertz CT molecular complexity index is 301. The topological polar surface area (TPSA) is 125 Å². The summed E-state index contributed by atoms with van der Waals surface area (Å²) in [6, 6.07) is 0. The van der Waals surface area contributed by atoms with Gasteiger partial charge in [-0.15, -0.1) is 11.6 Å². The van der Waals surface area contributed by atoms with Crippen LogP contribution in [0.15, 0.2) is 4.99 Å². The molecule has 5 N–H and O–H groups in total. The van der Waals surface area contributed by atoms with E-state index in [1.807, 2.05) is 0 Å². The molecule has 5 unspecified atom stereocenters. The van der Waals surface area contributed by atoms with Gasteiger partial charge >= 0.3 is 0 Å². The largest absolute Gasteiger partial charge is 0.394 e. The van der Waals surface area contributed by atoms with Crippen LogP contribution in [0.3, 0.4) is 0 Å². The minimum Gasteiger partial charge on any atom is -0.394 e. The number of carbonyl (C=O) groups is 1. The van der Waals surface area contributed by atoms with Crippen LogP contribution in [0.2, 0.25) is 0 Å². The van der Waals surface area contributed by atoms with E-state index in [4.69, 9.17) is 27.2 Å². The molecule has 1 saturated heterocycles. The Hall–Kier alpha value is -0.730. The Kier molecular flexibility index (Phi) is 5.29. The van der Waals surface area contributed by atoms with Gasteiger partial charge in [0.05, 0.1) is 12.5 Å². The highest BCUT2D eigenvalue weighted by Crippen LogP contribution is 2.21. The fourth-order valence-electron chi connectivity index (χ4n) is 1.38. The zero-order valence-electron chi connectivity index (χ0n) is 8.94. The number of hydrogen-bond donors (Lipinski definition) is 4. The van der Waals surface area contributed by atoms with Crippen molar-refractivity contribution in [2.24, 2.45) is 16.6 Å². The van der Waals surface area contributed by atoms with Crippen molar-refractivity contribution in [3.63, 3.8) is 0 Å². The van der Waals surface area contributed by atoms with Gasteiger partial charge in [0, 0.05) is 12.1 Å². The fraction of sp³-hybridized carbons (Fsp3) is 0.778. The molecule has 17 heavy (non-hydrogen) atoms. The van der Waals surface area contributed by atoms with E-state index in [1.54, 1.807) is 0 Å². The summed E-state index contributed by atoms with van der Waals surface area (Å²) in [6.45, 7) is -0.432. The van der Waals surface area contributed by atoms with Crippen molar-refractivity contribution >= 4 is 23.7 Å². The van der Waals surface area contributed by atoms with Gasteiger partial charge in [0.1, 0.15) is 18.3 Å². The van der Waals surface area contributed by atoms with Gasteiger partial charge in [-0.25, -0.2) is 0 Å². The average Bonchev–Trinajstić information content (AvgIpc) is 2.57. The molecule has 0 aliphatic carbocycles. The lowest BCUT2D eigenvalue weighted by molar-refractivity contribution is -0.119. The second kappa shape index (κ2) is 6.27. The molecule has 1 rings (SSSR count). The summed E-state index contributed by atoms with van der Waals surface area (Å²) in [7, 11) is 0. The van der Waals surface area contributed by atoms with Crippen LogP contribution < -0.4 is 5.73 Å². The lowest BCUT2D eigenvalue weighted by atomic mass is 10.1. The van der Waals surface area contributed by atoms with Crippen molar-refractivity contribution in [1.82, 2.24) is 0 Å². The van der Waals surface area contributed by atoms with E-state index in [1.165, 1.54) is 6.21 Å². The van der Waals surface area contributed by atoms with E-state index in [0.717, 1.165) is 0 Å². The first-order chi connectivity index (χ1) is 8.01. The Morgan fingerprint density at radius 3 is 2.59 bits per heavy atom. The number of amides is 1. The van der Waals surface area contributed by atoms with Crippen LogP contribution >= 0.6 is 11.6 Å². The molecular weight excluding hydrogens is 252 g/mol.